The van der Waals surface area contributed by atoms with Crippen molar-refractivity contribution < 1.29 is 39.6 Å². The van der Waals surface area contributed by atoms with Gasteiger partial charge < -0.3 is 26.7 Å². The molecule has 13 nitrogen and oxygen atoms in total. The van der Waals surface area contributed by atoms with E-state index in [0.717, 1.165) is 0 Å². The van der Waals surface area contributed by atoms with Crippen molar-refractivity contribution in [1.82, 2.24) is 4.89 Å². The maximum absolute atomic E-state index is 11.6. The largest absolute Gasteiger partial charge is 0.497 e. The summed E-state index contributed by atoms with van der Waals surface area (Å²) in [7, 11) is -7.32. The lowest BCUT2D eigenvalue weighted by molar-refractivity contribution is 0.153. The Morgan fingerprint density at radius 1 is 0.643 bits per heavy atom. The van der Waals surface area contributed by atoms with E-state index in [1.165, 1.54) is 50.6 Å². The zero-order valence-electron chi connectivity index (χ0n) is 24.0. The lowest BCUT2D eigenvalue weighted by Gasteiger charge is -2.07. The lowest BCUT2D eigenvalue weighted by Crippen LogP contribution is -2.22. The number of anilines is 3. The van der Waals surface area contributed by atoms with Crippen molar-refractivity contribution >= 4 is 46.8 Å². The second-order valence-corrected chi connectivity index (χ2v) is 14.5. The van der Waals surface area contributed by atoms with E-state index in [1.807, 2.05) is 11.8 Å². The fourth-order valence-corrected chi connectivity index (χ4v) is 5.84. The molecule has 42 heavy (non-hydrogen) atoms. The van der Waals surface area contributed by atoms with Crippen molar-refractivity contribution in [3.05, 3.63) is 60.7 Å². The molecule has 0 aliphatic heterocycles. The minimum atomic E-state index is -3.59. The molecular formula is C26H38N4O9S3. The number of nitrogens with two attached hydrogens (primary N) is 3. The van der Waals surface area contributed by atoms with Crippen LogP contribution in [-0.2, 0) is 34.5 Å². The highest BCUT2D eigenvalue weighted by molar-refractivity contribution is 7.91. The first-order valence-corrected chi connectivity index (χ1v) is 17.2. The summed E-state index contributed by atoms with van der Waals surface area (Å²) in [5.74, 6) is 1.06. The molecule has 0 aliphatic carbocycles. The first kappa shape index (κ1) is 36.5. The van der Waals surface area contributed by atoms with Crippen LogP contribution in [0, 0.1) is 0 Å². The van der Waals surface area contributed by atoms with E-state index in [1.54, 1.807) is 38.1 Å². The van der Waals surface area contributed by atoms with Crippen LogP contribution in [0.1, 0.15) is 20.8 Å². The van der Waals surface area contributed by atoms with Crippen molar-refractivity contribution in [2.45, 2.75) is 35.5 Å². The van der Waals surface area contributed by atoms with Crippen molar-refractivity contribution in [1.29, 1.82) is 0 Å². The maximum Gasteiger partial charge on any atom is 0.262 e. The molecule has 234 valence electrons. The molecule has 16 heteroatoms. The van der Waals surface area contributed by atoms with E-state index in [0.29, 0.717) is 35.2 Å². The zero-order valence-corrected chi connectivity index (χ0v) is 26.5. The Bertz CT molecular complexity index is 1650. The van der Waals surface area contributed by atoms with E-state index < -0.39 is 29.7 Å². The van der Waals surface area contributed by atoms with Crippen LogP contribution >= 0.6 is 0 Å². The smallest absolute Gasteiger partial charge is 0.262 e. The van der Waals surface area contributed by atoms with Crippen molar-refractivity contribution in [3.63, 3.8) is 0 Å². The van der Waals surface area contributed by atoms with Gasteiger partial charge in [-0.15, -0.1) is 0 Å². The molecule has 0 bridgehead atoms. The normalized spacial score (nSPS) is 11.4. The molecular weight excluding hydrogens is 609 g/mol. The standard InChI is InChI=1S/C10H15NO3S.C9H13NO3S.C7H10N2O3S/c1-3-14-9-5-8(11)6-10(7-9)15(12,13)4-2;1-3-14(11,12)9-5-7(10)4-8(6-9)13-2;1-12-9-13(10,11)7-4-2-3-6(8)5-7/h5-7H,3-4,11H2,1-2H3;4-6H,3,10H2,1-2H3;2-5,9H,8H2,1H3. The average molecular weight is 647 g/mol. The number of sulfone groups is 2. The van der Waals surface area contributed by atoms with Gasteiger partial charge in [0.15, 0.2) is 19.7 Å². The Kier molecular flexibility index (Phi) is 14.0. The number of hydrogen-bond donors (Lipinski definition) is 4. The highest BCUT2D eigenvalue weighted by atomic mass is 32.2. The van der Waals surface area contributed by atoms with Gasteiger partial charge in [-0.05, 0) is 49.4 Å². The van der Waals surface area contributed by atoms with Gasteiger partial charge in [-0.2, -0.15) is 0 Å². The Morgan fingerprint density at radius 2 is 1.12 bits per heavy atom. The number of nitrogens with one attached hydrogen (secondary N) is 1. The van der Waals surface area contributed by atoms with E-state index in [9.17, 15) is 25.3 Å². The maximum atomic E-state index is 11.6. The van der Waals surface area contributed by atoms with Gasteiger partial charge in [0.05, 0.1) is 47.0 Å². The number of hydrogen-bond acceptors (Lipinski definition) is 12. The molecule has 0 aromatic heterocycles. The van der Waals surface area contributed by atoms with E-state index in [4.69, 9.17) is 26.7 Å². The number of rotatable bonds is 10. The van der Waals surface area contributed by atoms with Crippen molar-refractivity contribution in [2.75, 3.05) is 49.5 Å². The van der Waals surface area contributed by atoms with Crippen LogP contribution in [0.4, 0.5) is 17.1 Å². The first-order valence-electron chi connectivity index (χ1n) is 12.4. The van der Waals surface area contributed by atoms with Crippen LogP contribution in [0.5, 0.6) is 11.5 Å². The minimum absolute atomic E-state index is 0.0552. The summed E-state index contributed by atoms with van der Waals surface area (Å²) >= 11 is 0. The summed E-state index contributed by atoms with van der Waals surface area (Å²) in [6.07, 6.45) is 0. The number of nitrogen functional groups attached to an aromatic ring is 3. The minimum Gasteiger partial charge on any atom is -0.497 e. The van der Waals surface area contributed by atoms with Gasteiger partial charge in [0.2, 0.25) is 0 Å². The number of benzene rings is 3. The summed E-state index contributed by atoms with van der Waals surface area (Å²) in [5, 5.41) is 0. The van der Waals surface area contributed by atoms with Crippen molar-refractivity contribution in [2.24, 2.45) is 0 Å². The molecule has 0 aliphatic rings. The second-order valence-electron chi connectivity index (χ2n) is 8.28. The van der Waals surface area contributed by atoms with Gasteiger partial charge in [0.25, 0.3) is 10.0 Å². The van der Waals surface area contributed by atoms with Gasteiger partial charge in [-0.3, -0.25) is 4.84 Å². The summed E-state index contributed by atoms with van der Waals surface area (Å²) in [6.45, 7) is 5.50. The van der Waals surface area contributed by atoms with Gasteiger partial charge in [-0.25, -0.2) is 25.3 Å². The zero-order chi connectivity index (χ0) is 32.1. The third-order valence-corrected chi connectivity index (χ3v) is 9.88. The molecule has 0 saturated carbocycles. The third-order valence-electron chi connectivity index (χ3n) is 5.19. The molecule has 7 N–H and O–H groups in total. The Balaban J connectivity index is 0.000000316. The summed E-state index contributed by atoms with van der Waals surface area (Å²) in [4.78, 5) is 6.70. The van der Waals surface area contributed by atoms with Crippen LogP contribution in [0.25, 0.3) is 0 Å². The fraction of sp³-hybridized carbons (Fsp3) is 0.308. The van der Waals surface area contributed by atoms with Crippen LogP contribution in [0.15, 0.2) is 75.4 Å². The third kappa shape index (κ3) is 11.4. The molecule has 0 unspecified atom stereocenters. The summed E-state index contributed by atoms with van der Waals surface area (Å²) < 4.78 is 79.0. The molecule has 0 saturated heterocycles. The van der Waals surface area contributed by atoms with Gasteiger partial charge in [0.1, 0.15) is 11.5 Å². The van der Waals surface area contributed by atoms with Crippen LogP contribution < -0.4 is 31.6 Å². The highest BCUT2D eigenvalue weighted by Gasteiger charge is 2.15. The molecule has 0 fully saturated rings. The Hall–Kier alpha value is -3.57. The van der Waals surface area contributed by atoms with Gasteiger partial charge in [-0.1, -0.05) is 24.8 Å². The van der Waals surface area contributed by atoms with Crippen LogP contribution in [0.3, 0.4) is 0 Å². The number of ether oxygens (including phenoxy) is 2. The second kappa shape index (κ2) is 16.2. The Labute approximate surface area is 247 Å². The topological polar surface area (TPSA) is 220 Å². The summed E-state index contributed by atoms with van der Waals surface area (Å²) in [5.41, 5.74) is 17.7. The summed E-state index contributed by atoms with van der Waals surface area (Å²) in [6, 6.07) is 15.0. The number of methoxy groups -OCH3 is 1. The SMILES string of the molecule is CCOc1cc(N)cc(S(=O)(=O)CC)c1.CCS(=O)(=O)c1cc(N)cc(OC)c1.CONS(=O)(=O)c1cccc(N)c1. The molecule has 0 amide bonds. The molecule has 0 spiro atoms. The van der Waals surface area contributed by atoms with E-state index in [2.05, 4.69) is 4.84 Å². The predicted molar refractivity (Wildman–Crippen MR) is 163 cm³/mol. The molecule has 3 aromatic rings. The fourth-order valence-electron chi connectivity index (χ4n) is 3.09. The van der Waals surface area contributed by atoms with Gasteiger partial charge in [0, 0.05) is 29.2 Å². The molecule has 0 atom stereocenters. The monoisotopic (exact) mass is 646 g/mol. The quantitative estimate of drug-likeness (QED) is 0.184. The van der Waals surface area contributed by atoms with E-state index >= 15 is 0 Å². The predicted octanol–water partition coefficient (Wildman–Crippen LogP) is 2.64. The molecule has 3 rings (SSSR count). The van der Waals surface area contributed by atoms with E-state index in [-0.39, 0.29) is 26.2 Å². The van der Waals surface area contributed by atoms with Crippen molar-refractivity contribution in [3.8, 4) is 11.5 Å². The average Bonchev–Trinajstić information content (AvgIpc) is 2.93. The molecule has 3 aromatic carbocycles. The molecule has 0 heterocycles. The highest BCUT2D eigenvalue weighted by Crippen LogP contribution is 2.24. The number of sulfonamides is 1. The molecule has 0 radical (unpaired) electrons. The Morgan fingerprint density at radius 3 is 1.55 bits per heavy atom. The van der Waals surface area contributed by atoms with Gasteiger partial charge >= 0.3 is 0 Å². The van der Waals surface area contributed by atoms with Crippen LogP contribution in [0.2, 0.25) is 0 Å². The van der Waals surface area contributed by atoms with Crippen LogP contribution in [-0.4, -0.2) is 57.6 Å². The lowest BCUT2D eigenvalue weighted by atomic mass is 10.3. The first-order chi connectivity index (χ1) is 19.5.